The van der Waals surface area contributed by atoms with Crippen LogP contribution >= 0.6 is 0 Å². The molecule has 0 atom stereocenters. The number of hydrogen-bond acceptors (Lipinski definition) is 1. The maximum atomic E-state index is 10.7. The Morgan fingerprint density at radius 3 is 1.91 bits per heavy atom. The van der Waals surface area contributed by atoms with Gasteiger partial charge >= 0.3 is 143 Å². The SMILES string of the molecule is Cc1ccc(C[Se]c2ccc(-c3ccc(C=O)cc3)cc2)cc1. The van der Waals surface area contributed by atoms with E-state index in [1.54, 1.807) is 0 Å². The first kappa shape index (κ1) is 15.7. The van der Waals surface area contributed by atoms with E-state index < -0.39 is 0 Å². The van der Waals surface area contributed by atoms with Crippen molar-refractivity contribution in [2.75, 3.05) is 0 Å². The van der Waals surface area contributed by atoms with Crippen LogP contribution in [0.25, 0.3) is 11.1 Å². The first-order valence-corrected chi connectivity index (χ1v) is 9.65. The predicted molar refractivity (Wildman–Crippen MR) is 97.5 cm³/mol. The topological polar surface area (TPSA) is 17.1 Å². The van der Waals surface area contributed by atoms with E-state index in [1.165, 1.54) is 21.2 Å². The van der Waals surface area contributed by atoms with Crippen LogP contribution < -0.4 is 4.46 Å². The number of hydrogen-bond donors (Lipinski definition) is 0. The van der Waals surface area contributed by atoms with Gasteiger partial charge in [0, 0.05) is 0 Å². The van der Waals surface area contributed by atoms with Crippen LogP contribution in [0.3, 0.4) is 0 Å². The van der Waals surface area contributed by atoms with Crippen LogP contribution in [0.15, 0.2) is 72.8 Å². The number of benzene rings is 3. The van der Waals surface area contributed by atoms with Gasteiger partial charge < -0.3 is 0 Å². The van der Waals surface area contributed by atoms with Crippen molar-refractivity contribution >= 4 is 25.7 Å². The van der Waals surface area contributed by atoms with Crippen LogP contribution in [-0.4, -0.2) is 21.2 Å². The molecular formula is C21H18OSe. The zero-order chi connectivity index (χ0) is 16.1. The Morgan fingerprint density at radius 1 is 0.783 bits per heavy atom. The third-order valence-electron chi connectivity index (χ3n) is 3.76. The number of rotatable bonds is 5. The molecule has 0 fully saturated rings. The quantitative estimate of drug-likeness (QED) is 0.493. The molecule has 23 heavy (non-hydrogen) atoms. The summed E-state index contributed by atoms with van der Waals surface area (Å²) in [6.45, 7) is 2.12. The summed E-state index contributed by atoms with van der Waals surface area (Å²) in [5.74, 6) is 0. The van der Waals surface area contributed by atoms with Crippen LogP contribution in [0.2, 0.25) is 0 Å². The van der Waals surface area contributed by atoms with Gasteiger partial charge in [-0.05, 0) is 0 Å². The second-order valence-corrected chi connectivity index (χ2v) is 7.74. The Hall–Kier alpha value is -2.15. The van der Waals surface area contributed by atoms with E-state index >= 15 is 0 Å². The minimum absolute atomic E-state index is 0.454. The third-order valence-corrected chi connectivity index (χ3v) is 6.03. The summed E-state index contributed by atoms with van der Waals surface area (Å²) in [7, 11) is 0. The fourth-order valence-corrected chi connectivity index (χ4v) is 4.14. The van der Waals surface area contributed by atoms with Gasteiger partial charge in [-0.15, -0.1) is 0 Å². The number of carbonyl (C=O) groups is 1. The second-order valence-electron chi connectivity index (χ2n) is 5.54. The van der Waals surface area contributed by atoms with E-state index in [9.17, 15) is 4.79 Å². The zero-order valence-electron chi connectivity index (χ0n) is 13.0. The van der Waals surface area contributed by atoms with Crippen molar-refractivity contribution in [2.45, 2.75) is 12.2 Å². The molecular weight excluding hydrogens is 347 g/mol. The Balaban J connectivity index is 1.66. The molecule has 2 heteroatoms. The summed E-state index contributed by atoms with van der Waals surface area (Å²) < 4.78 is 1.41. The van der Waals surface area contributed by atoms with Gasteiger partial charge in [0.15, 0.2) is 0 Å². The third kappa shape index (κ3) is 4.19. The fourth-order valence-electron chi connectivity index (χ4n) is 2.35. The molecule has 0 heterocycles. The first-order valence-electron chi connectivity index (χ1n) is 7.58. The molecule has 0 radical (unpaired) electrons. The van der Waals surface area contributed by atoms with Crippen LogP contribution in [0.5, 0.6) is 0 Å². The molecule has 0 aromatic heterocycles. The van der Waals surface area contributed by atoms with Gasteiger partial charge in [-0.1, -0.05) is 0 Å². The van der Waals surface area contributed by atoms with Gasteiger partial charge in [-0.2, -0.15) is 0 Å². The summed E-state index contributed by atoms with van der Waals surface area (Å²) >= 11 is 0.454. The van der Waals surface area contributed by atoms with Crippen molar-refractivity contribution < 1.29 is 4.79 Å². The molecule has 114 valence electrons. The molecule has 0 N–H and O–H groups in total. The molecule has 0 unspecified atom stereocenters. The van der Waals surface area contributed by atoms with E-state index in [-0.39, 0.29) is 0 Å². The number of aryl methyl sites for hydroxylation is 1. The normalized spacial score (nSPS) is 10.5. The van der Waals surface area contributed by atoms with Gasteiger partial charge in [-0.25, -0.2) is 0 Å². The number of aldehydes is 1. The van der Waals surface area contributed by atoms with Gasteiger partial charge in [-0.3, -0.25) is 0 Å². The number of carbonyl (C=O) groups excluding carboxylic acids is 1. The maximum absolute atomic E-state index is 10.7. The first-order chi connectivity index (χ1) is 11.2. The molecule has 0 saturated carbocycles. The molecule has 0 amide bonds. The monoisotopic (exact) mass is 366 g/mol. The molecule has 0 spiro atoms. The molecule has 0 bridgehead atoms. The molecule has 3 rings (SSSR count). The van der Waals surface area contributed by atoms with E-state index in [0.29, 0.717) is 20.5 Å². The standard InChI is InChI=1S/C21H18OSe/c1-16-2-4-18(5-3-16)15-23-21-12-10-20(11-13-21)19-8-6-17(14-22)7-9-19/h2-14H,15H2,1H3. The van der Waals surface area contributed by atoms with Crippen molar-refractivity contribution in [3.8, 4) is 11.1 Å². The molecule has 3 aromatic rings. The summed E-state index contributed by atoms with van der Waals surface area (Å²) in [6.07, 6.45) is 0.875. The molecule has 0 saturated heterocycles. The summed E-state index contributed by atoms with van der Waals surface area (Å²) in [5.41, 5.74) is 5.77. The Morgan fingerprint density at radius 2 is 1.35 bits per heavy atom. The second kappa shape index (κ2) is 7.41. The van der Waals surface area contributed by atoms with Crippen molar-refractivity contribution in [3.63, 3.8) is 0 Å². The van der Waals surface area contributed by atoms with Crippen molar-refractivity contribution in [1.29, 1.82) is 0 Å². The Bertz CT molecular complexity index is 772. The average Bonchev–Trinajstić information content (AvgIpc) is 2.62. The van der Waals surface area contributed by atoms with Crippen LogP contribution in [0.1, 0.15) is 21.5 Å². The van der Waals surface area contributed by atoms with Crippen LogP contribution in [0.4, 0.5) is 0 Å². The van der Waals surface area contributed by atoms with Crippen molar-refractivity contribution in [3.05, 3.63) is 89.5 Å². The van der Waals surface area contributed by atoms with Crippen LogP contribution in [-0.2, 0) is 5.32 Å². The molecule has 0 aliphatic rings. The molecule has 1 nitrogen and oxygen atoms in total. The van der Waals surface area contributed by atoms with Crippen LogP contribution in [0, 0.1) is 6.92 Å². The van der Waals surface area contributed by atoms with Crippen molar-refractivity contribution in [1.82, 2.24) is 0 Å². The molecule has 0 aliphatic carbocycles. The summed E-state index contributed by atoms with van der Waals surface area (Å²) in [6, 6.07) is 25.3. The average molecular weight is 365 g/mol. The van der Waals surface area contributed by atoms with E-state index in [1.807, 2.05) is 24.3 Å². The molecule has 0 aliphatic heterocycles. The fraction of sp³-hybridized carbons (Fsp3) is 0.0952. The van der Waals surface area contributed by atoms with Gasteiger partial charge in [0.2, 0.25) is 0 Å². The van der Waals surface area contributed by atoms with Crippen molar-refractivity contribution in [2.24, 2.45) is 0 Å². The Labute approximate surface area is 143 Å². The summed E-state index contributed by atoms with van der Waals surface area (Å²) in [5, 5.41) is 1.13. The van der Waals surface area contributed by atoms with Gasteiger partial charge in [0.05, 0.1) is 0 Å². The Kier molecular flexibility index (Phi) is 5.07. The predicted octanol–water partition coefficient (Wildman–Crippen LogP) is 4.00. The molecule has 3 aromatic carbocycles. The van der Waals surface area contributed by atoms with E-state index in [4.69, 9.17) is 0 Å². The van der Waals surface area contributed by atoms with Gasteiger partial charge in [0.25, 0.3) is 0 Å². The summed E-state index contributed by atoms with van der Waals surface area (Å²) in [4.78, 5) is 10.7. The van der Waals surface area contributed by atoms with E-state index in [2.05, 4.69) is 55.5 Å². The van der Waals surface area contributed by atoms with E-state index in [0.717, 1.165) is 17.2 Å². The zero-order valence-corrected chi connectivity index (χ0v) is 14.7. The van der Waals surface area contributed by atoms with Gasteiger partial charge in [0.1, 0.15) is 0 Å². The minimum atomic E-state index is 0.454.